The topological polar surface area (TPSA) is 65.8 Å². The lowest BCUT2D eigenvalue weighted by atomic mass is 10.1. The van der Waals surface area contributed by atoms with Crippen LogP contribution in [0.4, 0.5) is 17.3 Å². The highest BCUT2D eigenvalue weighted by atomic mass is 32.2. The molecule has 1 aliphatic heterocycles. The van der Waals surface area contributed by atoms with E-state index in [1.54, 1.807) is 10.8 Å². The van der Waals surface area contributed by atoms with Crippen molar-refractivity contribution in [3.05, 3.63) is 66.9 Å². The van der Waals surface area contributed by atoms with Crippen molar-refractivity contribution < 1.29 is 4.21 Å². The summed E-state index contributed by atoms with van der Waals surface area (Å²) in [6.07, 6.45) is 3.58. The third kappa shape index (κ3) is 4.24. The second-order valence-corrected chi connectivity index (χ2v) is 9.45. The van der Waals surface area contributed by atoms with Gasteiger partial charge >= 0.3 is 0 Å². The van der Waals surface area contributed by atoms with Crippen LogP contribution < -0.4 is 10.2 Å². The summed E-state index contributed by atoms with van der Waals surface area (Å²) in [6.45, 7) is 4.28. The van der Waals surface area contributed by atoms with Crippen molar-refractivity contribution in [3.8, 4) is 11.1 Å². The zero-order valence-corrected chi connectivity index (χ0v) is 19.0. The average Bonchev–Trinajstić information content (AvgIpc) is 3.23. The van der Waals surface area contributed by atoms with E-state index in [0.717, 1.165) is 53.5 Å². The van der Waals surface area contributed by atoms with Crippen molar-refractivity contribution >= 4 is 33.8 Å². The Kier molecular flexibility index (Phi) is 5.63. The van der Waals surface area contributed by atoms with Gasteiger partial charge in [-0.1, -0.05) is 12.1 Å². The van der Waals surface area contributed by atoms with Gasteiger partial charge in [0.15, 0.2) is 5.65 Å². The van der Waals surface area contributed by atoms with E-state index >= 15 is 0 Å². The molecule has 164 valence electrons. The lowest BCUT2D eigenvalue weighted by Gasteiger charge is -2.34. The molecule has 5 rings (SSSR count). The van der Waals surface area contributed by atoms with Gasteiger partial charge in [0.1, 0.15) is 0 Å². The van der Waals surface area contributed by atoms with Gasteiger partial charge in [0.05, 0.1) is 0 Å². The molecule has 4 aromatic rings. The lowest BCUT2D eigenvalue weighted by molar-refractivity contribution is 0.313. The average molecular weight is 447 g/mol. The van der Waals surface area contributed by atoms with E-state index in [-0.39, 0.29) is 0 Å². The molecule has 1 atom stereocenters. The lowest BCUT2D eigenvalue weighted by Crippen LogP contribution is -2.44. The molecule has 1 aliphatic rings. The van der Waals surface area contributed by atoms with E-state index < -0.39 is 10.8 Å². The Bertz CT molecular complexity index is 1240. The van der Waals surface area contributed by atoms with Crippen LogP contribution in [0.2, 0.25) is 0 Å². The quantitative estimate of drug-likeness (QED) is 0.505. The van der Waals surface area contributed by atoms with E-state index in [9.17, 15) is 4.21 Å². The Morgan fingerprint density at radius 2 is 1.66 bits per heavy atom. The summed E-state index contributed by atoms with van der Waals surface area (Å²) in [7, 11) is 1.17. The van der Waals surface area contributed by atoms with Crippen LogP contribution >= 0.6 is 0 Å². The molecule has 0 saturated carbocycles. The molecule has 32 heavy (non-hydrogen) atoms. The van der Waals surface area contributed by atoms with Gasteiger partial charge < -0.3 is 15.1 Å². The highest BCUT2D eigenvalue weighted by Gasteiger charge is 2.14. The summed E-state index contributed by atoms with van der Waals surface area (Å²) in [6, 6.07) is 20.2. The van der Waals surface area contributed by atoms with Crippen molar-refractivity contribution in [1.82, 2.24) is 19.5 Å². The first kappa shape index (κ1) is 20.7. The third-order valence-corrected chi connectivity index (χ3v) is 6.79. The minimum Gasteiger partial charge on any atom is -0.369 e. The molecule has 1 saturated heterocycles. The molecule has 1 unspecified atom stereocenters. The number of likely N-dealkylation sites (N-methyl/N-ethyl adjacent to an activating group) is 1. The number of aromatic nitrogens is 3. The Morgan fingerprint density at radius 1 is 0.938 bits per heavy atom. The smallest absolute Gasteiger partial charge is 0.247 e. The van der Waals surface area contributed by atoms with Crippen molar-refractivity contribution in [2.45, 2.75) is 4.90 Å². The molecule has 0 radical (unpaired) electrons. The zero-order valence-electron chi connectivity index (χ0n) is 18.2. The largest absolute Gasteiger partial charge is 0.369 e. The van der Waals surface area contributed by atoms with Crippen LogP contribution in [0.1, 0.15) is 0 Å². The van der Waals surface area contributed by atoms with Crippen molar-refractivity contribution in [1.29, 1.82) is 0 Å². The molecule has 1 fully saturated rings. The Labute approximate surface area is 190 Å². The summed E-state index contributed by atoms with van der Waals surface area (Å²) in [5.41, 5.74) is 4.96. The maximum absolute atomic E-state index is 11.7. The van der Waals surface area contributed by atoms with Crippen LogP contribution in [-0.4, -0.2) is 63.2 Å². The van der Waals surface area contributed by atoms with Gasteiger partial charge in [-0.15, -0.1) is 5.10 Å². The zero-order chi connectivity index (χ0) is 22.1. The SMILES string of the molecule is CN1CCN(c2ccc(Nc3nc4c(-c5ccc(S(C)=O)cc5)cccn4n3)cc2)CC1. The van der Waals surface area contributed by atoms with Crippen molar-refractivity contribution in [3.63, 3.8) is 0 Å². The van der Waals surface area contributed by atoms with Gasteiger partial charge in [-0.2, -0.15) is 4.98 Å². The van der Waals surface area contributed by atoms with Crippen LogP contribution in [0.15, 0.2) is 71.8 Å². The van der Waals surface area contributed by atoms with Crippen LogP contribution in [0.3, 0.4) is 0 Å². The maximum Gasteiger partial charge on any atom is 0.247 e. The van der Waals surface area contributed by atoms with Gasteiger partial charge in [-0.05, 0) is 61.1 Å². The van der Waals surface area contributed by atoms with Crippen LogP contribution in [0, 0.1) is 0 Å². The second kappa shape index (κ2) is 8.72. The number of fused-ring (bicyclic) bond motifs is 1. The predicted octanol–water partition coefficient (Wildman–Crippen LogP) is 3.63. The highest BCUT2D eigenvalue weighted by Crippen LogP contribution is 2.26. The normalized spacial score (nSPS) is 15.8. The molecule has 0 bridgehead atoms. The van der Waals surface area contributed by atoms with E-state index in [1.807, 2.05) is 42.6 Å². The van der Waals surface area contributed by atoms with E-state index in [1.165, 1.54) is 5.69 Å². The minimum absolute atomic E-state index is 0.552. The molecular weight excluding hydrogens is 420 g/mol. The molecule has 0 amide bonds. The summed E-state index contributed by atoms with van der Waals surface area (Å²) in [5.74, 6) is 0.552. The number of piperazine rings is 1. The summed E-state index contributed by atoms with van der Waals surface area (Å²) in [4.78, 5) is 10.3. The molecule has 1 N–H and O–H groups in total. The van der Waals surface area contributed by atoms with E-state index in [0.29, 0.717) is 5.95 Å². The molecule has 7 nitrogen and oxygen atoms in total. The Balaban J connectivity index is 1.36. The summed E-state index contributed by atoms with van der Waals surface area (Å²) in [5, 5.41) is 7.91. The monoisotopic (exact) mass is 446 g/mol. The maximum atomic E-state index is 11.7. The number of anilines is 3. The molecule has 2 aromatic carbocycles. The van der Waals surface area contributed by atoms with Gasteiger partial charge in [-0.25, -0.2) is 4.52 Å². The van der Waals surface area contributed by atoms with Gasteiger partial charge in [-0.3, -0.25) is 4.21 Å². The van der Waals surface area contributed by atoms with Crippen molar-refractivity contribution in [2.24, 2.45) is 0 Å². The molecule has 0 spiro atoms. The van der Waals surface area contributed by atoms with Gasteiger partial charge in [0, 0.05) is 71.3 Å². The molecule has 0 aliphatic carbocycles. The number of pyridine rings is 1. The van der Waals surface area contributed by atoms with Gasteiger partial charge in [0.2, 0.25) is 5.95 Å². The second-order valence-electron chi connectivity index (χ2n) is 8.07. The number of benzene rings is 2. The fourth-order valence-corrected chi connectivity index (χ4v) is 4.48. The number of hydrogen-bond donors (Lipinski definition) is 1. The third-order valence-electron chi connectivity index (χ3n) is 5.85. The number of nitrogens with zero attached hydrogens (tertiary/aromatic N) is 5. The Morgan fingerprint density at radius 3 is 2.34 bits per heavy atom. The van der Waals surface area contributed by atoms with Crippen LogP contribution in [0.5, 0.6) is 0 Å². The summed E-state index contributed by atoms with van der Waals surface area (Å²) < 4.78 is 13.5. The molecule has 8 heteroatoms. The van der Waals surface area contributed by atoms with Crippen LogP contribution in [0.25, 0.3) is 16.8 Å². The number of nitrogens with one attached hydrogen (secondary N) is 1. The fourth-order valence-electron chi connectivity index (χ4n) is 3.96. The van der Waals surface area contributed by atoms with Crippen LogP contribution in [-0.2, 0) is 10.8 Å². The first-order valence-electron chi connectivity index (χ1n) is 10.7. The first-order valence-corrected chi connectivity index (χ1v) is 12.2. The minimum atomic E-state index is -0.993. The summed E-state index contributed by atoms with van der Waals surface area (Å²) >= 11 is 0. The molecule has 2 aromatic heterocycles. The van der Waals surface area contributed by atoms with E-state index in [2.05, 4.69) is 51.5 Å². The first-order chi connectivity index (χ1) is 15.6. The number of rotatable bonds is 5. The number of hydrogen-bond acceptors (Lipinski definition) is 6. The predicted molar refractivity (Wildman–Crippen MR) is 130 cm³/mol. The van der Waals surface area contributed by atoms with Gasteiger partial charge in [0.25, 0.3) is 0 Å². The Hall–Kier alpha value is -3.23. The molecular formula is C24H26N6OS. The highest BCUT2D eigenvalue weighted by molar-refractivity contribution is 7.84. The standard InChI is InChI=1S/C24H26N6OS/c1-28-14-16-29(17-15-28)20-9-7-19(8-10-20)25-24-26-23-22(4-3-13-30(23)27-24)18-5-11-21(12-6-18)32(2)31/h3-13H,14-17H2,1-2H3,(H,25,27). The van der Waals surface area contributed by atoms with Crippen molar-refractivity contribution in [2.75, 3.05) is 49.7 Å². The van der Waals surface area contributed by atoms with E-state index in [4.69, 9.17) is 4.98 Å². The molecule has 3 heterocycles. The fraction of sp³-hybridized carbons (Fsp3) is 0.250.